The van der Waals surface area contributed by atoms with Gasteiger partial charge in [0.05, 0.1) is 12.8 Å². The molecule has 0 aliphatic heterocycles. The van der Waals surface area contributed by atoms with Gasteiger partial charge in [0.1, 0.15) is 5.75 Å². The number of ether oxygens (including phenoxy) is 1. The summed E-state index contributed by atoms with van der Waals surface area (Å²) in [5.74, 6) is 1.29. The summed E-state index contributed by atoms with van der Waals surface area (Å²) in [6.45, 7) is 4.86. The number of anilines is 1. The van der Waals surface area contributed by atoms with E-state index in [4.69, 9.17) is 10.5 Å². The molecule has 0 aliphatic carbocycles. The summed E-state index contributed by atoms with van der Waals surface area (Å²) in [6, 6.07) is 5.77. The molecule has 0 spiro atoms. The Morgan fingerprint density at radius 1 is 1.33 bits per heavy atom. The summed E-state index contributed by atoms with van der Waals surface area (Å²) in [5, 5.41) is 2.93. The number of methoxy groups -OCH3 is 1. The van der Waals surface area contributed by atoms with E-state index in [0.717, 1.165) is 36.9 Å². The van der Waals surface area contributed by atoms with Crippen LogP contribution in [0.1, 0.15) is 44.6 Å². The van der Waals surface area contributed by atoms with E-state index in [0.29, 0.717) is 24.6 Å². The van der Waals surface area contributed by atoms with Gasteiger partial charge in [0.25, 0.3) is 0 Å². The number of carbonyl (C=O) groups excluding carboxylic acids is 1. The lowest BCUT2D eigenvalue weighted by atomic mass is 9.94. The highest BCUT2D eigenvalue weighted by atomic mass is 16.5. The summed E-state index contributed by atoms with van der Waals surface area (Å²) >= 11 is 0. The largest absolute Gasteiger partial charge is 0.495 e. The fourth-order valence-electron chi connectivity index (χ4n) is 2.53. The molecule has 0 radical (unpaired) electrons. The maximum Gasteiger partial charge on any atom is 0.224 e. The lowest BCUT2D eigenvalue weighted by Gasteiger charge is -2.15. The maximum atomic E-state index is 12.1. The molecule has 118 valence electrons. The van der Waals surface area contributed by atoms with Gasteiger partial charge in [-0.05, 0) is 49.9 Å². The van der Waals surface area contributed by atoms with Gasteiger partial charge < -0.3 is 15.8 Å². The highest BCUT2D eigenvalue weighted by Crippen LogP contribution is 2.26. The van der Waals surface area contributed by atoms with Crippen molar-refractivity contribution < 1.29 is 9.53 Å². The van der Waals surface area contributed by atoms with Crippen LogP contribution < -0.4 is 15.8 Å². The van der Waals surface area contributed by atoms with Crippen LogP contribution in [0.15, 0.2) is 18.2 Å². The van der Waals surface area contributed by atoms with Crippen molar-refractivity contribution in [3.8, 4) is 5.75 Å². The average molecular weight is 292 g/mol. The topological polar surface area (TPSA) is 64.4 Å². The SMILES string of the molecule is CCCC(CCN)CCC(=O)Nc1ccc(C)cc1OC. The van der Waals surface area contributed by atoms with E-state index in [-0.39, 0.29) is 5.91 Å². The van der Waals surface area contributed by atoms with Crippen molar-refractivity contribution in [2.45, 2.75) is 46.0 Å². The Labute approximate surface area is 128 Å². The third-order valence-corrected chi connectivity index (χ3v) is 3.68. The number of carbonyl (C=O) groups is 1. The molecule has 0 heterocycles. The lowest BCUT2D eigenvalue weighted by molar-refractivity contribution is -0.116. The number of nitrogens with two attached hydrogens (primary N) is 1. The summed E-state index contributed by atoms with van der Waals surface area (Å²) in [6.07, 6.45) is 4.69. The molecule has 1 amide bonds. The maximum absolute atomic E-state index is 12.1. The fourth-order valence-corrected chi connectivity index (χ4v) is 2.53. The smallest absolute Gasteiger partial charge is 0.224 e. The lowest BCUT2D eigenvalue weighted by Crippen LogP contribution is -2.15. The van der Waals surface area contributed by atoms with Crippen LogP contribution in [0.3, 0.4) is 0 Å². The molecule has 0 saturated carbocycles. The molecular weight excluding hydrogens is 264 g/mol. The summed E-state index contributed by atoms with van der Waals surface area (Å²) in [7, 11) is 1.61. The second-order valence-corrected chi connectivity index (χ2v) is 5.52. The van der Waals surface area contributed by atoms with Crippen molar-refractivity contribution in [3.05, 3.63) is 23.8 Å². The van der Waals surface area contributed by atoms with Crippen LogP contribution in [0.5, 0.6) is 5.75 Å². The molecule has 4 nitrogen and oxygen atoms in total. The van der Waals surface area contributed by atoms with Crippen LogP contribution in [0.4, 0.5) is 5.69 Å². The Balaban J connectivity index is 2.53. The van der Waals surface area contributed by atoms with Crippen molar-refractivity contribution in [1.29, 1.82) is 0 Å². The zero-order valence-electron chi connectivity index (χ0n) is 13.4. The molecule has 1 atom stereocenters. The summed E-state index contributed by atoms with van der Waals surface area (Å²) < 4.78 is 5.30. The number of rotatable bonds is 9. The number of aryl methyl sites for hydroxylation is 1. The number of benzene rings is 1. The molecule has 0 aliphatic rings. The van der Waals surface area contributed by atoms with Gasteiger partial charge in [-0.1, -0.05) is 25.8 Å². The molecule has 1 aromatic rings. The van der Waals surface area contributed by atoms with Gasteiger partial charge in [-0.2, -0.15) is 0 Å². The zero-order chi connectivity index (χ0) is 15.7. The van der Waals surface area contributed by atoms with Crippen molar-refractivity contribution in [3.63, 3.8) is 0 Å². The van der Waals surface area contributed by atoms with Crippen LogP contribution >= 0.6 is 0 Å². The van der Waals surface area contributed by atoms with E-state index in [1.807, 2.05) is 25.1 Å². The van der Waals surface area contributed by atoms with Crippen LogP contribution in [0, 0.1) is 12.8 Å². The van der Waals surface area contributed by atoms with E-state index in [1.54, 1.807) is 7.11 Å². The molecule has 21 heavy (non-hydrogen) atoms. The Hall–Kier alpha value is -1.55. The third kappa shape index (κ3) is 6.17. The highest BCUT2D eigenvalue weighted by Gasteiger charge is 2.12. The molecule has 0 saturated heterocycles. The van der Waals surface area contributed by atoms with E-state index in [1.165, 1.54) is 0 Å². The molecule has 1 rings (SSSR count). The summed E-state index contributed by atoms with van der Waals surface area (Å²) in [4.78, 5) is 12.1. The monoisotopic (exact) mass is 292 g/mol. The molecule has 3 N–H and O–H groups in total. The van der Waals surface area contributed by atoms with E-state index in [9.17, 15) is 4.79 Å². The number of amides is 1. The van der Waals surface area contributed by atoms with Crippen molar-refractivity contribution >= 4 is 11.6 Å². The zero-order valence-corrected chi connectivity index (χ0v) is 13.4. The van der Waals surface area contributed by atoms with E-state index < -0.39 is 0 Å². The van der Waals surface area contributed by atoms with Gasteiger partial charge in [-0.3, -0.25) is 4.79 Å². The Morgan fingerprint density at radius 2 is 2.10 bits per heavy atom. The molecule has 0 aromatic heterocycles. The van der Waals surface area contributed by atoms with Crippen LogP contribution in [-0.4, -0.2) is 19.6 Å². The minimum atomic E-state index is 0.0373. The molecule has 0 bridgehead atoms. The first kappa shape index (κ1) is 17.5. The first-order chi connectivity index (χ1) is 10.1. The van der Waals surface area contributed by atoms with E-state index >= 15 is 0 Å². The molecule has 1 unspecified atom stereocenters. The Morgan fingerprint density at radius 3 is 2.71 bits per heavy atom. The van der Waals surface area contributed by atoms with Gasteiger partial charge in [-0.25, -0.2) is 0 Å². The second kappa shape index (κ2) is 9.40. The Bertz CT molecular complexity index is 440. The van der Waals surface area contributed by atoms with Crippen molar-refractivity contribution in [1.82, 2.24) is 0 Å². The molecule has 1 aromatic carbocycles. The van der Waals surface area contributed by atoms with Crippen molar-refractivity contribution in [2.24, 2.45) is 11.7 Å². The van der Waals surface area contributed by atoms with Gasteiger partial charge in [-0.15, -0.1) is 0 Å². The van der Waals surface area contributed by atoms with Gasteiger partial charge in [0.2, 0.25) is 5.91 Å². The third-order valence-electron chi connectivity index (χ3n) is 3.68. The molecular formula is C17H28N2O2. The van der Waals surface area contributed by atoms with Crippen LogP contribution in [0.2, 0.25) is 0 Å². The summed E-state index contributed by atoms with van der Waals surface area (Å²) in [5.41, 5.74) is 7.47. The van der Waals surface area contributed by atoms with Crippen molar-refractivity contribution in [2.75, 3.05) is 19.0 Å². The van der Waals surface area contributed by atoms with Gasteiger partial charge in [0, 0.05) is 6.42 Å². The first-order valence-corrected chi connectivity index (χ1v) is 7.75. The minimum Gasteiger partial charge on any atom is -0.495 e. The predicted octanol–water partition coefficient (Wildman–Crippen LogP) is 3.49. The van der Waals surface area contributed by atoms with Crippen LogP contribution in [-0.2, 0) is 4.79 Å². The number of hydrogen-bond donors (Lipinski definition) is 2. The highest BCUT2D eigenvalue weighted by molar-refractivity contribution is 5.92. The first-order valence-electron chi connectivity index (χ1n) is 7.75. The quantitative estimate of drug-likeness (QED) is 0.732. The predicted molar refractivity (Wildman–Crippen MR) is 87.7 cm³/mol. The van der Waals surface area contributed by atoms with Crippen LogP contribution in [0.25, 0.3) is 0 Å². The van der Waals surface area contributed by atoms with Gasteiger partial charge >= 0.3 is 0 Å². The molecule has 0 fully saturated rings. The van der Waals surface area contributed by atoms with E-state index in [2.05, 4.69) is 12.2 Å². The van der Waals surface area contributed by atoms with Gasteiger partial charge in [0.15, 0.2) is 0 Å². The fraction of sp³-hybridized carbons (Fsp3) is 0.588. The molecule has 4 heteroatoms. The standard InChI is InChI=1S/C17H28N2O2/c1-4-5-14(10-11-18)7-9-17(20)19-15-8-6-13(2)12-16(15)21-3/h6,8,12,14H,4-5,7,9-11,18H2,1-3H3,(H,19,20). The Kier molecular flexibility index (Phi) is 7.83. The number of hydrogen-bond acceptors (Lipinski definition) is 3. The number of nitrogens with one attached hydrogen (secondary N) is 1. The minimum absolute atomic E-state index is 0.0373. The second-order valence-electron chi connectivity index (χ2n) is 5.52. The normalized spacial score (nSPS) is 12.0. The average Bonchev–Trinajstić information content (AvgIpc) is 2.47.